The van der Waals surface area contributed by atoms with Crippen molar-refractivity contribution in [1.29, 1.82) is 0 Å². The highest BCUT2D eigenvalue weighted by atomic mass is 32.2. The average Bonchev–Trinajstić information content (AvgIpc) is 1.97. The molecule has 0 fully saturated rings. The molecular formula is C7H16N2O2S. The Morgan fingerprint density at radius 2 is 2.08 bits per heavy atom. The molecule has 0 aromatic rings. The van der Waals surface area contributed by atoms with Gasteiger partial charge in [-0.2, -0.15) is 0 Å². The quantitative estimate of drug-likeness (QED) is 0.571. The first kappa shape index (κ1) is 11.6. The predicted molar refractivity (Wildman–Crippen MR) is 50.5 cm³/mol. The van der Waals surface area contributed by atoms with Crippen molar-refractivity contribution in [2.75, 3.05) is 39.2 Å². The fraction of sp³-hybridized carbons (Fsp3) is 0.857. The van der Waals surface area contributed by atoms with Gasteiger partial charge in [0, 0.05) is 43.4 Å². The summed E-state index contributed by atoms with van der Waals surface area (Å²) >= 11 is 0. The first-order valence-electron chi connectivity index (χ1n) is 3.75. The summed E-state index contributed by atoms with van der Waals surface area (Å²) in [6.45, 7) is 0.951. The standard InChI is InChI=1S/C7H16N2O2S/c1-9(2)7(10)6-8-4-5-12(3)11/h8H,4-6H2,1-3H3. The molecule has 1 atom stereocenters. The van der Waals surface area contributed by atoms with E-state index >= 15 is 0 Å². The van der Waals surface area contributed by atoms with Crippen LogP contribution >= 0.6 is 0 Å². The molecule has 0 heterocycles. The predicted octanol–water partition coefficient (Wildman–Crippen LogP) is -0.957. The van der Waals surface area contributed by atoms with Gasteiger partial charge in [-0.3, -0.25) is 9.00 Å². The molecule has 1 N–H and O–H groups in total. The minimum Gasteiger partial charge on any atom is -0.348 e. The van der Waals surface area contributed by atoms with E-state index in [1.165, 1.54) is 4.90 Å². The third kappa shape index (κ3) is 6.30. The lowest BCUT2D eigenvalue weighted by molar-refractivity contribution is -0.127. The fourth-order valence-electron chi connectivity index (χ4n) is 0.569. The summed E-state index contributed by atoms with van der Waals surface area (Å²) < 4.78 is 10.6. The highest BCUT2D eigenvalue weighted by Crippen LogP contribution is 1.76. The maximum Gasteiger partial charge on any atom is 0.236 e. The minimum atomic E-state index is -0.778. The molecule has 0 aliphatic rings. The van der Waals surface area contributed by atoms with Gasteiger partial charge < -0.3 is 10.2 Å². The Bertz CT molecular complexity index is 171. The van der Waals surface area contributed by atoms with Crippen molar-refractivity contribution in [3.05, 3.63) is 0 Å². The highest BCUT2D eigenvalue weighted by molar-refractivity contribution is 7.84. The first-order chi connectivity index (χ1) is 5.54. The molecule has 1 amide bonds. The van der Waals surface area contributed by atoms with Crippen molar-refractivity contribution in [2.45, 2.75) is 0 Å². The van der Waals surface area contributed by atoms with Gasteiger partial charge in [0.05, 0.1) is 6.54 Å². The van der Waals surface area contributed by atoms with Crippen molar-refractivity contribution < 1.29 is 9.00 Å². The van der Waals surface area contributed by atoms with Crippen molar-refractivity contribution in [3.8, 4) is 0 Å². The van der Waals surface area contributed by atoms with Gasteiger partial charge in [-0.05, 0) is 0 Å². The molecule has 72 valence electrons. The van der Waals surface area contributed by atoms with Crippen LogP contribution in [0.15, 0.2) is 0 Å². The Labute approximate surface area is 75.8 Å². The Hall–Kier alpha value is -0.420. The molecule has 5 heteroatoms. The fourth-order valence-corrected chi connectivity index (χ4v) is 1.00. The molecule has 0 aromatic carbocycles. The number of nitrogens with one attached hydrogen (secondary N) is 1. The van der Waals surface area contributed by atoms with Crippen molar-refractivity contribution in [3.63, 3.8) is 0 Å². The SMILES string of the molecule is CN(C)C(=O)CNCCS(C)=O. The number of carbonyl (C=O) groups excluding carboxylic acids is 1. The second-order valence-corrected chi connectivity index (χ2v) is 4.30. The molecule has 0 saturated heterocycles. The zero-order valence-corrected chi connectivity index (χ0v) is 8.61. The summed E-state index contributed by atoms with van der Waals surface area (Å²) in [5, 5.41) is 2.91. The molecule has 12 heavy (non-hydrogen) atoms. The maximum atomic E-state index is 11.0. The third-order valence-corrected chi connectivity index (χ3v) is 2.12. The zero-order valence-electron chi connectivity index (χ0n) is 7.79. The van der Waals surface area contributed by atoms with Crippen molar-refractivity contribution in [1.82, 2.24) is 10.2 Å². The van der Waals surface area contributed by atoms with Gasteiger partial charge in [-0.25, -0.2) is 0 Å². The van der Waals surface area contributed by atoms with E-state index in [9.17, 15) is 9.00 Å². The number of amides is 1. The summed E-state index contributed by atoms with van der Waals surface area (Å²) in [5.41, 5.74) is 0. The van der Waals surface area contributed by atoms with Crippen LogP contribution in [0.1, 0.15) is 0 Å². The van der Waals surface area contributed by atoms with Crippen molar-refractivity contribution >= 4 is 16.7 Å². The molecule has 0 bridgehead atoms. The Balaban J connectivity index is 3.32. The van der Waals surface area contributed by atoms with Crippen molar-refractivity contribution in [2.24, 2.45) is 0 Å². The summed E-state index contributed by atoms with van der Waals surface area (Å²) in [6.07, 6.45) is 1.65. The van der Waals surface area contributed by atoms with Gasteiger partial charge in [0.2, 0.25) is 5.91 Å². The minimum absolute atomic E-state index is 0.0388. The van der Waals surface area contributed by atoms with Gasteiger partial charge in [-0.15, -0.1) is 0 Å². The van der Waals surface area contributed by atoms with E-state index in [-0.39, 0.29) is 5.91 Å². The van der Waals surface area contributed by atoms with Crippen LogP contribution in [0.2, 0.25) is 0 Å². The summed E-state index contributed by atoms with van der Waals surface area (Å²) in [7, 11) is 2.64. The van der Waals surface area contributed by atoms with Crippen LogP contribution < -0.4 is 5.32 Å². The topological polar surface area (TPSA) is 49.4 Å². The lowest BCUT2D eigenvalue weighted by Gasteiger charge is -2.10. The van der Waals surface area contributed by atoms with E-state index in [1.54, 1.807) is 20.4 Å². The second-order valence-electron chi connectivity index (χ2n) is 2.74. The van der Waals surface area contributed by atoms with Crippen LogP contribution in [0.5, 0.6) is 0 Å². The van der Waals surface area contributed by atoms with E-state index in [0.717, 1.165) is 0 Å². The number of likely N-dealkylation sites (N-methyl/N-ethyl adjacent to an activating group) is 1. The van der Waals surface area contributed by atoms with Gasteiger partial charge in [0.1, 0.15) is 0 Å². The van der Waals surface area contributed by atoms with E-state index in [1.807, 2.05) is 0 Å². The number of rotatable bonds is 5. The first-order valence-corrected chi connectivity index (χ1v) is 5.47. The Morgan fingerprint density at radius 3 is 2.50 bits per heavy atom. The summed E-state index contributed by atoms with van der Waals surface area (Å²) in [5.74, 6) is 0.637. The molecular weight excluding hydrogens is 176 g/mol. The van der Waals surface area contributed by atoms with Gasteiger partial charge in [-0.1, -0.05) is 0 Å². The van der Waals surface area contributed by atoms with E-state index < -0.39 is 10.8 Å². The molecule has 0 saturated carbocycles. The smallest absolute Gasteiger partial charge is 0.236 e. The van der Waals surface area contributed by atoms with E-state index in [4.69, 9.17) is 0 Å². The number of hydrogen-bond acceptors (Lipinski definition) is 3. The van der Waals surface area contributed by atoms with Crippen LogP contribution in [0, 0.1) is 0 Å². The van der Waals surface area contributed by atoms with Gasteiger partial charge in [0.15, 0.2) is 0 Å². The van der Waals surface area contributed by atoms with Crippen LogP contribution in [0.25, 0.3) is 0 Å². The third-order valence-electron chi connectivity index (χ3n) is 1.34. The lowest BCUT2D eigenvalue weighted by atomic mass is 10.5. The molecule has 0 aliphatic carbocycles. The monoisotopic (exact) mass is 192 g/mol. The molecule has 1 unspecified atom stereocenters. The number of carbonyl (C=O) groups is 1. The maximum absolute atomic E-state index is 11.0. The van der Waals surface area contributed by atoms with Crippen LogP contribution in [0.3, 0.4) is 0 Å². The largest absolute Gasteiger partial charge is 0.348 e. The van der Waals surface area contributed by atoms with Crippen LogP contribution in [-0.2, 0) is 15.6 Å². The summed E-state index contributed by atoms with van der Waals surface area (Å²) in [4.78, 5) is 12.5. The second kappa shape index (κ2) is 6.14. The molecule has 0 aromatic heterocycles. The van der Waals surface area contributed by atoms with Gasteiger partial charge >= 0.3 is 0 Å². The molecule has 0 spiro atoms. The lowest BCUT2D eigenvalue weighted by Crippen LogP contribution is -2.34. The highest BCUT2D eigenvalue weighted by Gasteiger charge is 2.01. The molecule has 0 radical (unpaired) electrons. The Morgan fingerprint density at radius 1 is 1.50 bits per heavy atom. The number of nitrogens with zero attached hydrogens (tertiary/aromatic N) is 1. The molecule has 0 rings (SSSR count). The summed E-state index contributed by atoms with van der Waals surface area (Å²) in [6, 6.07) is 0. The van der Waals surface area contributed by atoms with Crippen LogP contribution in [-0.4, -0.2) is 54.2 Å². The van der Waals surface area contributed by atoms with E-state index in [0.29, 0.717) is 18.8 Å². The molecule has 0 aliphatic heterocycles. The zero-order chi connectivity index (χ0) is 9.56. The van der Waals surface area contributed by atoms with Gasteiger partial charge in [0.25, 0.3) is 0 Å². The Kier molecular flexibility index (Phi) is 5.92. The van der Waals surface area contributed by atoms with E-state index in [2.05, 4.69) is 5.32 Å². The molecule has 4 nitrogen and oxygen atoms in total. The van der Waals surface area contributed by atoms with Crippen LogP contribution in [0.4, 0.5) is 0 Å². The number of hydrogen-bond donors (Lipinski definition) is 1. The average molecular weight is 192 g/mol. The normalized spacial score (nSPS) is 12.6.